The van der Waals surface area contributed by atoms with Gasteiger partial charge in [-0.1, -0.05) is 12.1 Å². The summed E-state index contributed by atoms with van der Waals surface area (Å²) in [6, 6.07) is 17.6. The monoisotopic (exact) mass is 503 g/mol. The molecule has 8 heteroatoms. The minimum Gasteiger partial charge on any atom is -0.493 e. The lowest BCUT2D eigenvalue weighted by Gasteiger charge is -2.29. The van der Waals surface area contributed by atoms with E-state index in [-0.39, 0.29) is 12.0 Å². The fraction of sp³-hybridized carbons (Fsp3) is 0.379. The average molecular weight is 504 g/mol. The van der Waals surface area contributed by atoms with Gasteiger partial charge in [-0.15, -0.1) is 0 Å². The first kappa shape index (κ1) is 25.0. The number of pyridine rings is 1. The van der Waals surface area contributed by atoms with E-state index in [1.165, 1.54) is 0 Å². The summed E-state index contributed by atoms with van der Waals surface area (Å²) in [6.45, 7) is 5.32. The number of methoxy groups -OCH3 is 1. The Labute approximate surface area is 217 Å². The zero-order valence-corrected chi connectivity index (χ0v) is 21.2. The molecule has 0 saturated carbocycles. The van der Waals surface area contributed by atoms with Crippen molar-refractivity contribution in [1.29, 1.82) is 0 Å². The van der Waals surface area contributed by atoms with Crippen LogP contribution in [0.25, 0.3) is 0 Å². The summed E-state index contributed by atoms with van der Waals surface area (Å²) in [7, 11) is 1.63. The second-order valence-electron chi connectivity index (χ2n) is 9.26. The number of benzene rings is 2. The van der Waals surface area contributed by atoms with E-state index < -0.39 is 0 Å². The Morgan fingerprint density at radius 2 is 1.81 bits per heavy atom. The van der Waals surface area contributed by atoms with Crippen LogP contribution in [0, 0.1) is 0 Å². The van der Waals surface area contributed by atoms with Crippen LogP contribution in [-0.4, -0.2) is 68.5 Å². The highest BCUT2D eigenvalue weighted by atomic mass is 16.6. The molecule has 1 atom stereocenters. The van der Waals surface area contributed by atoms with Crippen molar-refractivity contribution in [2.45, 2.75) is 25.6 Å². The third-order valence-corrected chi connectivity index (χ3v) is 6.66. The van der Waals surface area contributed by atoms with Gasteiger partial charge >= 0.3 is 0 Å². The zero-order valence-electron chi connectivity index (χ0n) is 21.2. The van der Waals surface area contributed by atoms with Crippen molar-refractivity contribution < 1.29 is 23.7 Å². The van der Waals surface area contributed by atoms with Gasteiger partial charge in [0.15, 0.2) is 11.5 Å². The van der Waals surface area contributed by atoms with Gasteiger partial charge in [-0.05, 0) is 53.6 Å². The maximum absolute atomic E-state index is 13.7. The lowest BCUT2D eigenvalue weighted by atomic mass is 10.1. The number of carbonyl (C=O) groups is 1. The van der Waals surface area contributed by atoms with Crippen molar-refractivity contribution in [3.05, 3.63) is 83.7 Å². The van der Waals surface area contributed by atoms with E-state index >= 15 is 0 Å². The molecule has 5 rings (SSSR count). The summed E-state index contributed by atoms with van der Waals surface area (Å²) < 4.78 is 22.6. The summed E-state index contributed by atoms with van der Waals surface area (Å²) in [4.78, 5) is 22.0. The van der Waals surface area contributed by atoms with Crippen LogP contribution in [0.4, 0.5) is 5.69 Å². The first-order valence-electron chi connectivity index (χ1n) is 12.7. The number of anilines is 1. The minimum atomic E-state index is -0.0419. The predicted molar refractivity (Wildman–Crippen MR) is 140 cm³/mol. The lowest BCUT2D eigenvalue weighted by molar-refractivity contribution is 0.0729. The predicted octanol–water partition coefficient (Wildman–Crippen LogP) is 3.94. The highest BCUT2D eigenvalue weighted by Crippen LogP contribution is 2.31. The van der Waals surface area contributed by atoms with Crippen LogP contribution >= 0.6 is 0 Å². The van der Waals surface area contributed by atoms with Gasteiger partial charge in [0.1, 0.15) is 6.10 Å². The molecule has 2 aliphatic heterocycles. The number of carbonyl (C=O) groups excluding carboxylic acids is 1. The molecule has 2 saturated heterocycles. The fourth-order valence-electron chi connectivity index (χ4n) is 4.64. The van der Waals surface area contributed by atoms with E-state index in [1.54, 1.807) is 19.5 Å². The Morgan fingerprint density at radius 1 is 1.00 bits per heavy atom. The molecule has 0 spiro atoms. The molecule has 2 aromatic carbocycles. The molecular formula is C29H33N3O5. The smallest absolute Gasteiger partial charge is 0.254 e. The molecule has 3 heterocycles. The maximum atomic E-state index is 13.7. The summed E-state index contributed by atoms with van der Waals surface area (Å²) in [6.07, 6.45) is 4.42. The van der Waals surface area contributed by atoms with Crippen molar-refractivity contribution in [3.63, 3.8) is 0 Å². The van der Waals surface area contributed by atoms with E-state index in [0.717, 1.165) is 49.5 Å². The Hall–Kier alpha value is -3.62. The summed E-state index contributed by atoms with van der Waals surface area (Å²) in [5.74, 6) is 1.29. The van der Waals surface area contributed by atoms with Crippen molar-refractivity contribution in [2.75, 3.05) is 51.5 Å². The van der Waals surface area contributed by atoms with Crippen LogP contribution in [0.3, 0.4) is 0 Å². The molecule has 2 fully saturated rings. The number of hydrogen-bond acceptors (Lipinski definition) is 7. The number of hydrogen-bond donors (Lipinski definition) is 0. The normalized spacial score (nSPS) is 17.4. The Morgan fingerprint density at radius 3 is 2.51 bits per heavy atom. The highest BCUT2D eigenvalue weighted by molar-refractivity contribution is 5.94. The lowest BCUT2D eigenvalue weighted by Crippen LogP contribution is -2.36. The van der Waals surface area contributed by atoms with Crippen molar-refractivity contribution >= 4 is 11.6 Å². The molecule has 0 aliphatic carbocycles. The van der Waals surface area contributed by atoms with Gasteiger partial charge in [0, 0.05) is 56.2 Å². The van der Waals surface area contributed by atoms with Gasteiger partial charge in [0.2, 0.25) is 0 Å². The fourth-order valence-corrected chi connectivity index (χ4v) is 4.64. The SMILES string of the molecule is COc1cc(CN(Cc2cccnc2)C(=O)c2ccc(N3CCOCC3)cc2)ccc1O[C@@H]1CCOC1. The third-order valence-electron chi connectivity index (χ3n) is 6.66. The molecule has 1 amide bonds. The molecular weight excluding hydrogens is 470 g/mol. The number of morpholine rings is 1. The molecule has 0 N–H and O–H groups in total. The van der Waals surface area contributed by atoms with E-state index in [4.69, 9.17) is 18.9 Å². The first-order valence-corrected chi connectivity index (χ1v) is 12.7. The number of aromatic nitrogens is 1. The van der Waals surface area contributed by atoms with Gasteiger partial charge in [-0.3, -0.25) is 9.78 Å². The number of ether oxygens (including phenoxy) is 4. The zero-order chi connectivity index (χ0) is 25.5. The summed E-state index contributed by atoms with van der Waals surface area (Å²) >= 11 is 0. The molecule has 0 unspecified atom stereocenters. The van der Waals surface area contributed by atoms with Crippen molar-refractivity contribution in [2.24, 2.45) is 0 Å². The standard InChI is InChI=1S/C29H33N3O5/c1-34-28-17-22(4-9-27(28)37-26-10-14-36-21-26)19-32(20-23-3-2-11-30-18-23)29(33)24-5-7-25(8-6-24)31-12-15-35-16-13-31/h2-9,11,17-18,26H,10,12-16,19-21H2,1H3/t26-/m1/s1. The van der Waals surface area contributed by atoms with Gasteiger partial charge in [-0.25, -0.2) is 0 Å². The Kier molecular flexibility index (Phi) is 8.18. The molecule has 0 radical (unpaired) electrons. The van der Waals surface area contributed by atoms with Crippen LogP contribution in [0.5, 0.6) is 11.5 Å². The van der Waals surface area contributed by atoms with Crippen molar-refractivity contribution in [1.82, 2.24) is 9.88 Å². The van der Waals surface area contributed by atoms with E-state index in [9.17, 15) is 4.79 Å². The average Bonchev–Trinajstić information content (AvgIpc) is 3.47. The van der Waals surface area contributed by atoms with Crippen molar-refractivity contribution in [3.8, 4) is 11.5 Å². The Balaban J connectivity index is 1.35. The van der Waals surface area contributed by atoms with E-state index in [0.29, 0.717) is 43.4 Å². The van der Waals surface area contributed by atoms with Gasteiger partial charge < -0.3 is 28.7 Å². The molecule has 0 bridgehead atoms. The Bertz CT molecular complexity index is 1160. The molecule has 37 heavy (non-hydrogen) atoms. The van der Waals surface area contributed by atoms with Gasteiger partial charge in [-0.2, -0.15) is 0 Å². The van der Waals surface area contributed by atoms with Crippen LogP contribution in [0.2, 0.25) is 0 Å². The molecule has 3 aromatic rings. The minimum absolute atomic E-state index is 0.0313. The maximum Gasteiger partial charge on any atom is 0.254 e. The van der Waals surface area contributed by atoms with E-state index in [2.05, 4.69) is 9.88 Å². The van der Waals surface area contributed by atoms with Gasteiger partial charge in [0.25, 0.3) is 5.91 Å². The van der Waals surface area contributed by atoms with Gasteiger partial charge in [0.05, 0.1) is 33.5 Å². The summed E-state index contributed by atoms with van der Waals surface area (Å²) in [5, 5.41) is 0. The number of rotatable bonds is 9. The quantitative estimate of drug-likeness (QED) is 0.438. The third kappa shape index (κ3) is 6.39. The second kappa shape index (κ2) is 12.1. The largest absolute Gasteiger partial charge is 0.493 e. The molecule has 8 nitrogen and oxygen atoms in total. The molecule has 1 aromatic heterocycles. The molecule has 194 valence electrons. The van der Waals surface area contributed by atoms with Crippen LogP contribution < -0.4 is 14.4 Å². The van der Waals surface area contributed by atoms with Crippen LogP contribution in [0.15, 0.2) is 67.0 Å². The molecule has 2 aliphatic rings. The second-order valence-corrected chi connectivity index (χ2v) is 9.26. The topological polar surface area (TPSA) is 73.4 Å². The van der Waals surface area contributed by atoms with Crippen LogP contribution in [-0.2, 0) is 22.6 Å². The highest BCUT2D eigenvalue weighted by Gasteiger charge is 2.21. The number of amides is 1. The number of nitrogens with zero attached hydrogens (tertiary/aromatic N) is 3. The van der Waals surface area contributed by atoms with Crippen LogP contribution in [0.1, 0.15) is 27.9 Å². The summed E-state index contributed by atoms with van der Waals surface area (Å²) in [5.41, 5.74) is 3.67. The van der Waals surface area contributed by atoms with E-state index in [1.807, 2.05) is 59.5 Å². The first-order chi connectivity index (χ1) is 18.2.